The normalized spacial score (nSPS) is 12.1. The summed E-state index contributed by atoms with van der Waals surface area (Å²) in [6.07, 6.45) is 5.39. The maximum absolute atomic E-state index is 11.6. The van der Waals surface area contributed by atoms with Crippen LogP contribution in [0, 0.1) is 5.92 Å². The second kappa shape index (κ2) is 11.4. The minimum Gasteiger partial charge on any atom is -0.396 e. The van der Waals surface area contributed by atoms with Gasteiger partial charge in [0.05, 0.1) is 0 Å². The van der Waals surface area contributed by atoms with Crippen molar-refractivity contribution in [3.63, 3.8) is 0 Å². The summed E-state index contributed by atoms with van der Waals surface area (Å²) >= 11 is 0. The highest BCUT2D eigenvalue weighted by molar-refractivity contribution is 5.91. The maximum Gasteiger partial charge on any atom is 0.243 e. The molecule has 0 aliphatic carbocycles. The van der Waals surface area contributed by atoms with Crippen LogP contribution in [0.25, 0.3) is 6.08 Å². The average Bonchev–Trinajstić information content (AvgIpc) is 2.57. The van der Waals surface area contributed by atoms with Gasteiger partial charge in [0, 0.05) is 31.7 Å². The number of hydrogen-bond acceptors (Lipinski definition) is 3. The Morgan fingerprint density at radius 3 is 2.43 bits per heavy atom. The lowest BCUT2D eigenvalue weighted by Gasteiger charge is -2.10. The first-order chi connectivity index (χ1) is 11.1. The molecule has 5 nitrogen and oxygen atoms in total. The number of nitrogens with one attached hydrogen (secondary N) is 2. The molecule has 1 rings (SSSR count). The van der Waals surface area contributed by atoms with Crippen LogP contribution >= 0.6 is 0 Å². The smallest absolute Gasteiger partial charge is 0.243 e. The molecule has 0 fully saturated rings. The zero-order chi connectivity index (χ0) is 16.9. The lowest BCUT2D eigenvalue weighted by molar-refractivity contribution is -0.125. The standard InChI is InChI=1S/C18H26N2O3/c1-15(11-14-21)18(23)20-13-6-5-12-19-17(22)10-9-16-7-3-2-4-8-16/h2-4,7-10,15,21H,5-6,11-14H2,1H3,(H,19,22)(H,20,23)/t15-/m0/s1. The summed E-state index contributed by atoms with van der Waals surface area (Å²) in [6.45, 7) is 2.99. The summed E-state index contributed by atoms with van der Waals surface area (Å²) in [5, 5.41) is 14.4. The van der Waals surface area contributed by atoms with Crippen LogP contribution in [0.1, 0.15) is 31.7 Å². The van der Waals surface area contributed by atoms with Gasteiger partial charge < -0.3 is 15.7 Å². The third-order valence-electron chi connectivity index (χ3n) is 3.44. The highest BCUT2D eigenvalue weighted by Crippen LogP contribution is 2.01. The van der Waals surface area contributed by atoms with Gasteiger partial charge in [-0.15, -0.1) is 0 Å². The van der Waals surface area contributed by atoms with E-state index in [1.807, 2.05) is 30.3 Å². The van der Waals surface area contributed by atoms with Gasteiger partial charge in [-0.25, -0.2) is 0 Å². The summed E-state index contributed by atoms with van der Waals surface area (Å²) in [6, 6.07) is 9.65. The molecule has 0 aliphatic rings. The van der Waals surface area contributed by atoms with Crippen LogP contribution in [-0.4, -0.2) is 36.6 Å². The molecule has 5 heteroatoms. The number of aliphatic hydroxyl groups excluding tert-OH is 1. The molecule has 1 aromatic rings. The third kappa shape index (κ3) is 8.78. The quantitative estimate of drug-likeness (QED) is 0.454. The second-order valence-corrected chi connectivity index (χ2v) is 5.45. The molecule has 0 bridgehead atoms. The highest BCUT2D eigenvalue weighted by atomic mass is 16.3. The number of benzene rings is 1. The van der Waals surface area contributed by atoms with E-state index >= 15 is 0 Å². The molecule has 2 amide bonds. The van der Waals surface area contributed by atoms with Crippen molar-refractivity contribution in [2.24, 2.45) is 5.92 Å². The molecule has 3 N–H and O–H groups in total. The number of unbranched alkanes of at least 4 members (excludes halogenated alkanes) is 1. The zero-order valence-electron chi connectivity index (χ0n) is 13.6. The largest absolute Gasteiger partial charge is 0.396 e. The van der Waals surface area contributed by atoms with E-state index in [2.05, 4.69) is 10.6 Å². The Bertz CT molecular complexity index is 500. The van der Waals surface area contributed by atoms with Crippen LogP contribution in [0.15, 0.2) is 36.4 Å². The van der Waals surface area contributed by atoms with Crippen molar-refractivity contribution >= 4 is 17.9 Å². The SMILES string of the molecule is C[C@@H](CCO)C(=O)NCCCCNC(=O)C=Cc1ccccc1. The van der Waals surface area contributed by atoms with Crippen LogP contribution in [0.2, 0.25) is 0 Å². The maximum atomic E-state index is 11.6. The van der Waals surface area contributed by atoms with Crippen molar-refractivity contribution < 1.29 is 14.7 Å². The van der Waals surface area contributed by atoms with Crippen molar-refractivity contribution in [3.8, 4) is 0 Å². The Kier molecular flexibility index (Phi) is 9.40. The van der Waals surface area contributed by atoms with E-state index in [0.717, 1.165) is 18.4 Å². The second-order valence-electron chi connectivity index (χ2n) is 5.45. The van der Waals surface area contributed by atoms with E-state index < -0.39 is 0 Å². The minimum absolute atomic E-state index is 0.0249. The Balaban J connectivity index is 2.07. The molecule has 1 aromatic carbocycles. The van der Waals surface area contributed by atoms with Crippen molar-refractivity contribution in [2.75, 3.05) is 19.7 Å². The molecule has 0 heterocycles. The molecule has 0 aromatic heterocycles. The van der Waals surface area contributed by atoms with E-state index in [-0.39, 0.29) is 24.3 Å². The summed E-state index contributed by atoms with van der Waals surface area (Å²) in [7, 11) is 0. The van der Waals surface area contributed by atoms with E-state index in [4.69, 9.17) is 5.11 Å². The molecular formula is C18H26N2O3. The van der Waals surface area contributed by atoms with Crippen LogP contribution in [0.5, 0.6) is 0 Å². The van der Waals surface area contributed by atoms with Crippen molar-refractivity contribution in [1.29, 1.82) is 0 Å². The van der Waals surface area contributed by atoms with Crippen LogP contribution in [0.4, 0.5) is 0 Å². The summed E-state index contributed by atoms with van der Waals surface area (Å²) in [5.74, 6) is -0.314. The molecular weight excluding hydrogens is 292 g/mol. The van der Waals surface area contributed by atoms with Gasteiger partial charge in [0.15, 0.2) is 0 Å². The van der Waals surface area contributed by atoms with Gasteiger partial charge >= 0.3 is 0 Å². The predicted molar refractivity (Wildman–Crippen MR) is 91.6 cm³/mol. The average molecular weight is 318 g/mol. The molecule has 1 atom stereocenters. The first-order valence-corrected chi connectivity index (χ1v) is 8.03. The molecule has 0 spiro atoms. The topological polar surface area (TPSA) is 78.4 Å². The lowest BCUT2D eigenvalue weighted by atomic mass is 10.1. The molecule has 126 valence electrons. The van der Waals surface area contributed by atoms with E-state index in [9.17, 15) is 9.59 Å². The van der Waals surface area contributed by atoms with Gasteiger partial charge in [0.2, 0.25) is 11.8 Å². The third-order valence-corrected chi connectivity index (χ3v) is 3.44. The molecule has 0 unspecified atom stereocenters. The summed E-state index contributed by atoms with van der Waals surface area (Å²) in [4.78, 5) is 23.2. The van der Waals surface area contributed by atoms with Crippen LogP contribution < -0.4 is 10.6 Å². The van der Waals surface area contributed by atoms with E-state index in [1.165, 1.54) is 6.08 Å². The van der Waals surface area contributed by atoms with Gasteiger partial charge in [0.25, 0.3) is 0 Å². The molecule has 0 saturated carbocycles. The number of aliphatic hydroxyl groups is 1. The Morgan fingerprint density at radius 2 is 1.78 bits per heavy atom. The molecule has 0 aliphatic heterocycles. The molecule has 23 heavy (non-hydrogen) atoms. The zero-order valence-corrected chi connectivity index (χ0v) is 13.6. The first-order valence-electron chi connectivity index (χ1n) is 8.03. The van der Waals surface area contributed by atoms with Gasteiger partial charge in [-0.05, 0) is 30.9 Å². The number of carbonyl (C=O) groups excluding carboxylic acids is 2. The van der Waals surface area contributed by atoms with Crippen molar-refractivity contribution in [1.82, 2.24) is 10.6 Å². The van der Waals surface area contributed by atoms with Gasteiger partial charge in [-0.3, -0.25) is 9.59 Å². The van der Waals surface area contributed by atoms with Gasteiger partial charge in [0.1, 0.15) is 0 Å². The van der Waals surface area contributed by atoms with Crippen LogP contribution in [-0.2, 0) is 9.59 Å². The predicted octanol–water partition coefficient (Wildman–Crippen LogP) is 1.73. The Hall–Kier alpha value is -2.14. The van der Waals surface area contributed by atoms with E-state index in [0.29, 0.717) is 19.5 Å². The van der Waals surface area contributed by atoms with Gasteiger partial charge in [-0.2, -0.15) is 0 Å². The molecule has 0 radical (unpaired) electrons. The number of amides is 2. The van der Waals surface area contributed by atoms with Gasteiger partial charge in [-0.1, -0.05) is 37.3 Å². The summed E-state index contributed by atoms with van der Waals surface area (Å²) < 4.78 is 0. The number of rotatable bonds is 10. The lowest BCUT2D eigenvalue weighted by Crippen LogP contribution is -2.31. The fourth-order valence-corrected chi connectivity index (χ4v) is 1.97. The summed E-state index contributed by atoms with van der Waals surface area (Å²) in [5.41, 5.74) is 0.988. The first kappa shape index (κ1) is 18.9. The van der Waals surface area contributed by atoms with Crippen molar-refractivity contribution in [2.45, 2.75) is 26.2 Å². The van der Waals surface area contributed by atoms with Crippen molar-refractivity contribution in [3.05, 3.63) is 42.0 Å². The van der Waals surface area contributed by atoms with E-state index in [1.54, 1.807) is 13.0 Å². The number of carbonyl (C=O) groups is 2. The Morgan fingerprint density at radius 1 is 1.13 bits per heavy atom. The fraction of sp³-hybridized carbons (Fsp3) is 0.444. The highest BCUT2D eigenvalue weighted by Gasteiger charge is 2.10. The minimum atomic E-state index is -0.164. The number of hydrogen-bond donors (Lipinski definition) is 3. The Labute approximate surface area is 137 Å². The molecule has 0 saturated heterocycles. The monoisotopic (exact) mass is 318 g/mol. The van der Waals surface area contributed by atoms with Crippen LogP contribution in [0.3, 0.4) is 0 Å². The fourth-order valence-electron chi connectivity index (χ4n) is 1.97.